The molecule has 25 heavy (non-hydrogen) atoms. The lowest BCUT2D eigenvalue weighted by Crippen LogP contribution is -2.38. The van der Waals surface area contributed by atoms with Crippen molar-refractivity contribution in [2.75, 3.05) is 0 Å². The highest BCUT2D eigenvalue weighted by molar-refractivity contribution is 6.90. The molecule has 0 aromatic rings. The molecule has 0 atom stereocenters. The molecule has 0 bridgehead atoms. The lowest BCUT2D eigenvalue weighted by molar-refractivity contribution is 0.538. The van der Waals surface area contributed by atoms with Gasteiger partial charge in [0.15, 0.2) is 0 Å². The van der Waals surface area contributed by atoms with Gasteiger partial charge in [0.25, 0.3) is 0 Å². The van der Waals surface area contributed by atoms with Crippen LogP contribution in [0.5, 0.6) is 0 Å². The van der Waals surface area contributed by atoms with Gasteiger partial charge in [-0.15, -0.1) is 13.2 Å². The van der Waals surface area contributed by atoms with E-state index in [1.165, 1.54) is 75.9 Å². The van der Waals surface area contributed by atoms with Gasteiger partial charge in [-0.1, -0.05) is 114 Å². The van der Waals surface area contributed by atoms with Crippen molar-refractivity contribution in [3.63, 3.8) is 0 Å². The third kappa shape index (κ3) is 5.10. The van der Waals surface area contributed by atoms with Gasteiger partial charge in [0, 0.05) is 8.80 Å². The molecule has 0 radical (unpaired) electrons. The van der Waals surface area contributed by atoms with Gasteiger partial charge >= 0.3 is 0 Å². The normalized spacial score (nSPS) is 21.8. The van der Waals surface area contributed by atoms with Crippen molar-refractivity contribution >= 4 is 24.9 Å². The van der Waals surface area contributed by atoms with Crippen LogP contribution in [0.4, 0.5) is 0 Å². The first-order valence-corrected chi connectivity index (χ1v) is 19.8. The summed E-state index contributed by atoms with van der Waals surface area (Å²) in [5.41, 5.74) is 5.91. The van der Waals surface area contributed by atoms with Crippen LogP contribution in [0.15, 0.2) is 24.6 Å². The molecule has 0 aliphatic heterocycles. The van der Waals surface area contributed by atoms with E-state index in [0.29, 0.717) is 0 Å². The first-order valence-electron chi connectivity index (χ1n) is 11.1. The second-order valence-corrected chi connectivity index (χ2v) is 23.4. The molecule has 0 aromatic carbocycles. The van der Waals surface area contributed by atoms with Gasteiger partial charge in [0.2, 0.25) is 0 Å². The van der Waals surface area contributed by atoms with Crippen LogP contribution < -0.4 is 0 Å². The Morgan fingerprint density at radius 1 is 0.920 bits per heavy atom. The van der Waals surface area contributed by atoms with E-state index in [2.05, 4.69) is 50.7 Å². The smallest absolute Gasteiger partial charge is 0.100 e. The van der Waals surface area contributed by atoms with E-state index in [-0.39, 0.29) is 0 Å². The Bertz CT molecular complexity index is 432. The minimum atomic E-state index is -1.48. The summed E-state index contributed by atoms with van der Waals surface area (Å²) in [5, 5.41) is 0.767. The van der Waals surface area contributed by atoms with Crippen molar-refractivity contribution < 1.29 is 0 Å². The van der Waals surface area contributed by atoms with Crippen LogP contribution >= 0.6 is 0 Å². The van der Waals surface area contributed by atoms with E-state index in [9.17, 15) is 0 Å². The largest absolute Gasteiger partial charge is 0.107 e. The van der Waals surface area contributed by atoms with Crippen LogP contribution in [-0.4, -0.2) is 24.9 Å². The summed E-state index contributed by atoms with van der Waals surface area (Å²) in [6.07, 6.45) is 13.6. The van der Waals surface area contributed by atoms with Gasteiger partial charge in [0.05, 0.1) is 8.07 Å². The summed E-state index contributed by atoms with van der Waals surface area (Å²) in [4.78, 5) is 0. The number of rotatable bonds is 10. The Morgan fingerprint density at radius 3 is 1.96 bits per heavy atom. The third-order valence-corrected chi connectivity index (χ3v) is 20.6. The Morgan fingerprint density at radius 2 is 1.48 bits per heavy atom. The molecule has 0 nitrogen and oxygen atoms in total. The molecule has 0 N–H and O–H groups in total. The van der Waals surface area contributed by atoms with Gasteiger partial charge < -0.3 is 0 Å². The summed E-state index contributed by atoms with van der Waals surface area (Å²) in [6.45, 7) is 19.2. The van der Waals surface area contributed by atoms with Gasteiger partial charge in [-0.05, 0) is 10.6 Å². The molecule has 2 aliphatic rings. The van der Waals surface area contributed by atoms with Gasteiger partial charge in [-0.2, -0.15) is 0 Å². The average molecular weight is 393 g/mol. The molecule has 144 valence electrons. The Hall–Kier alpha value is 0.131. The molecule has 2 fully saturated rings. The zero-order valence-electron chi connectivity index (χ0n) is 17.7. The lowest BCUT2D eigenvalue weighted by atomic mass is 10.0. The molecule has 0 aromatic heterocycles. The average Bonchev–Trinajstić information content (AvgIpc) is 3.28. The van der Waals surface area contributed by atoms with Crippen molar-refractivity contribution in [1.82, 2.24) is 0 Å². The third-order valence-electron chi connectivity index (χ3n) is 8.42. The van der Waals surface area contributed by atoms with Gasteiger partial charge in [0.1, 0.15) is 8.07 Å². The fraction of sp³-hybridized carbons (Fsp3) is 0.818. The van der Waals surface area contributed by atoms with E-state index < -0.39 is 24.9 Å². The van der Waals surface area contributed by atoms with Gasteiger partial charge in [-0.25, -0.2) is 0 Å². The quantitative estimate of drug-likeness (QED) is 0.334. The predicted molar refractivity (Wildman–Crippen MR) is 125 cm³/mol. The topological polar surface area (TPSA) is 0 Å². The summed E-state index contributed by atoms with van der Waals surface area (Å²) in [7, 11) is -3.13. The molecule has 2 rings (SSSR count). The van der Waals surface area contributed by atoms with Crippen LogP contribution in [0.1, 0.15) is 57.8 Å². The maximum atomic E-state index is 4.33. The monoisotopic (exact) mass is 392 g/mol. The van der Waals surface area contributed by atoms with Crippen LogP contribution in [0.3, 0.4) is 0 Å². The Kier molecular flexibility index (Phi) is 7.61. The minimum absolute atomic E-state index is 0.580. The van der Waals surface area contributed by atoms with Crippen LogP contribution in [0.2, 0.25) is 54.9 Å². The van der Waals surface area contributed by atoms with Crippen molar-refractivity contribution in [3.8, 4) is 0 Å². The fourth-order valence-electron chi connectivity index (χ4n) is 5.76. The molecule has 0 unspecified atom stereocenters. The molecule has 0 heterocycles. The highest BCUT2D eigenvalue weighted by atomic mass is 28.3. The zero-order chi connectivity index (χ0) is 18.6. The molecule has 0 saturated heterocycles. The number of hydrogen-bond donors (Lipinski definition) is 0. The van der Waals surface area contributed by atoms with Crippen LogP contribution in [-0.2, 0) is 0 Å². The van der Waals surface area contributed by atoms with Crippen molar-refractivity contribution in [1.29, 1.82) is 0 Å². The second kappa shape index (κ2) is 8.88. The van der Waals surface area contributed by atoms with Crippen molar-refractivity contribution in [2.24, 2.45) is 0 Å². The van der Waals surface area contributed by atoms with Crippen LogP contribution in [0, 0.1) is 0 Å². The van der Waals surface area contributed by atoms with Crippen molar-refractivity contribution in [2.45, 2.75) is 113 Å². The predicted octanol–water partition coefficient (Wildman–Crippen LogP) is 7.73. The minimum Gasteiger partial charge on any atom is -0.107 e. The lowest BCUT2D eigenvalue weighted by Gasteiger charge is -2.38. The van der Waals surface area contributed by atoms with E-state index in [0.717, 1.165) is 10.6 Å². The SMILES string of the molecule is C=C[Si](C=C)(CCC1([SiH](C)C)CCCC1)CC[Si](C)(C)C1CCCC1. The maximum Gasteiger partial charge on any atom is 0.100 e. The summed E-state index contributed by atoms with van der Waals surface area (Å²) < 4.78 is 0. The van der Waals surface area contributed by atoms with E-state index in [1.807, 2.05) is 0 Å². The Labute approximate surface area is 162 Å². The van der Waals surface area contributed by atoms with E-state index in [1.54, 1.807) is 0 Å². The molecule has 2 saturated carbocycles. The summed E-state index contributed by atoms with van der Waals surface area (Å²) >= 11 is 0. The highest BCUT2D eigenvalue weighted by Gasteiger charge is 2.41. The molecule has 2 aliphatic carbocycles. The molecule has 0 amide bonds. The number of hydrogen-bond acceptors (Lipinski definition) is 0. The molecule has 3 heteroatoms. The highest BCUT2D eigenvalue weighted by Crippen LogP contribution is 2.52. The molecular weight excluding hydrogens is 349 g/mol. The fourth-order valence-corrected chi connectivity index (χ4v) is 17.3. The standard InChI is InChI=1S/C22H44Si3/c1-7-25(8-2,18-17-22(23(3)4)15-11-12-16-22)20-19-24(5,6)21-13-9-10-14-21/h7-8,21,23H,1-2,9-20H2,3-6H3. The maximum absolute atomic E-state index is 4.33. The first kappa shape index (κ1) is 21.4. The second-order valence-electron chi connectivity index (χ2n) is 10.3. The van der Waals surface area contributed by atoms with E-state index >= 15 is 0 Å². The summed E-state index contributed by atoms with van der Waals surface area (Å²) in [6, 6.07) is 4.42. The molecular formula is C22H44Si3. The van der Waals surface area contributed by atoms with E-state index in [4.69, 9.17) is 0 Å². The van der Waals surface area contributed by atoms with Crippen LogP contribution in [0.25, 0.3) is 0 Å². The zero-order valence-corrected chi connectivity index (χ0v) is 20.9. The van der Waals surface area contributed by atoms with Gasteiger partial charge in [-0.3, -0.25) is 0 Å². The molecule has 0 spiro atoms. The summed E-state index contributed by atoms with van der Waals surface area (Å²) in [5.74, 6) is 0. The Balaban J connectivity index is 1.99. The van der Waals surface area contributed by atoms with Crippen molar-refractivity contribution in [3.05, 3.63) is 24.6 Å². The first-order chi connectivity index (χ1) is 11.8.